The monoisotopic (exact) mass is 332 g/mol. The molecular formula is C16H17BrN2O. The molecule has 1 N–H and O–H groups in total. The van der Waals surface area contributed by atoms with Gasteiger partial charge in [0, 0.05) is 0 Å². The summed E-state index contributed by atoms with van der Waals surface area (Å²) in [6.07, 6.45) is 0.372. The van der Waals surface area contributed by atoms with E-state index in [2.05, 4.69) is 46.1 Å². The van der Waals surface area contributed by atoms with Crippen LogP contribution in [0.2, 0.25) is 0 Å². The van der Waals surface area contributed by atoms with E-state index in [1.165, 1.54) is 11.1 Å². The van der Waals surface area contributed by atoms with Crippen LogP contribution >= 0.6 is 15.9 Å². The van der Waals surface area contributed by atoms with Gasteiger partial charge in [-0.15, -0.1) is 0 Å². The molecule has 0 atom stereocenters. The molecule has 0 bridgehead atoms. The highest BCUT2D eigenvalue weighted by Crippen LogP contribution is 2.17. The van der Waals surface area contributed by atoms with E-state index in [4.69, 9.17) is 0 Å². The summed E-state index contributed by atoms with van der Waals surface area (Å²) in [7, 11) is 0. The fourth-order valence-corrected chi connectivity index (χ4v) is 2.35. The van der Waals surface area contributed by atoms with Gasteiger partial charge in [-0.3, -0.25) is 4.79 Å². The van der Waals surface area contributed by atoms with Gasteiger partial charge in [-0.25, -0.2) is 4.98 Å². The Hall–Kier alpha value is -1.68. The molecule has 0 unspecified atom stereocenters. The number of rotatable bonds is 3. The topological polar surface area (TPSA) is 42.0 Å². The first-order chi connectivity index (χ1) is 9.45. The number of anilines is 1. The van der Waals surface area contributed by atoms with Crippen molar-refractivity contribution in [3.8, 4) is 0 Å². The van der Waals surface area contributed by atoms with Gasteiger partial charge in [0.25, 0.3) is 0 Å². The maximum Gasteiger partial charge on any atom is 0.228 e. The zero-order valence-corrected chi connectivity index (χ0v) is 13.4. The fraction of sp³-hybridized carbons (Fsp3) is 0.250. The van der Waals surface area contributed by atoms with Crippen LogP contribution in [0.4, 0.5) is 5.69 Å². The van der Waals surface area contributed by atoms with Crippen molar-refractivity contribution in [1.82, 2.24) is 4.98 Å². The van der Waals surface area contributed by atoms with Gasteiger partial charge in [-0.2, -0.15) is 0 Å². The summed E-state index contributed by atoms with van der Waals surface area (Å²) in [6.45, 7) is 5.99. The summed E-state index contributed by atoms with van der Waals surface area (Å²) in [5.41, 5.74) is 5.02. The highest BCUT2D eigenvalue weighted by Gasteiger charge is 2.07. The van der Waals surface area contributed by atoms with E-state index < -0.39 is 0 Å². The Labute approximate surface area is 127 Å². The van der Waals surface area contributed by atoms with Gasteiger partial charge in [0.1, 0.15) is 4.60 Å². The number of amides is 1. The van der Waals surface area contributed by atoms with E-state index in [1.807, 2.05) is 31.2 Å². The van der Waals surface area contributed by atoms with Crippen molar-refractivity contribution < 1.29 is 4.79 Å². The molecule has 1 aromatic heterocycles. The average molecular weight is 333 g/mol. The lowest BCUT2D eigenvalue weighted by atomic mass is 10.0. The van der Waals surface area contributed by atoms with Crippen LogP contribution in [0, 0.1) is 20.8 Å². The predicted octanol–water partition coefficient (Wildman–Crippen LogP) is 3.95. The highest BCUT2D eigenvalue weighted by atomic mass is 79.9. The molecule has 0 aliphatic heterocycles. The van der Waals surface area contributed by atoms with Crippen molar-refractivity contribution in [2.45, 2.75) is 27.2 Å². The molecule has 0 radical (unpaired) electrons. The number of carbonyl (C=O) groups excluding carboxylic acids is 1. The van der Waals surface area contributed by atoms with Gasteiger partial charge in [-0.1, -0.05) is 18.2 Å². The van der Waals surface area contributed by atoms with E-state index in [-0.39, 0.29) is 5.91 Å². The third-order valence-corrected chi connectivity index (χ3v) is 3.70. The normalized spacial score (nSPS) is 10.4. The number of benzene rings is 1. The van der Waals surface area contributed by atoms with Gasteiger partial charge < -0.3 is 5.32 Å². The number of halogens is 1. The van der Waals surface area contributed by atoms with Crippen LogP contribution in [0.25, 0.3) is 0 Å². The molecule has 0 fully saturated rings. The lowest BCUT2D eigenvalue weighted by Gasteiger charge is -2.09. The lowest BCUT2D eigenvalue weighted by Crippen LogP contribution is -2.15. The van der Waals surface area contributed by atoms with E-state index in [1.54, 1.807) is 0 Å². The average Bonchev–Trinajstić information content (AvgIpc) is 2.37. The minimum absolute atomic E-state index is 0.0273. The van der Waals surface area contributed by atoms with Gasteiger partial charge in [0.15, 0.2) is 0 Å². The molecule has 1 amide bonds. The molecule has 4 heteroatoms. The minimum Gasteiger partial charge on any atom is -0.324 e. The molecule has 0 spiro atoms. The van der Waals surface area contributed by atoms with Crippen LogP contribution < -0.4 is 5.32 Å². The van der Waals surface area contributed by atoms with Crippen LogP contribution in [0.1, 0.15) is 22.4 Å². The first-order valence-corrected chi connectivity index (χ1v) is 7.24. The van der Waals surface area contributed by atoms with E-state index in [0.29, 0.717) is 6.42 Å². The second kappa shape index (κ2) is 6.18. The number of hydrogen-bond acceptors (Lipinski definition) is 2. The molecule has 1 heterocycles. The van der Waals surface area contributed by atoms with Crippen molar-refractivity contribution in [3.05, 3.63) is 57.3 Å². The Morgan fingerprint density at radius 3 is 2.55 bits per heavy atom. The molecule has 2 aromatic rings. The minimum atomic E-state index is -0.0273. The second-order valence-electron chi connectivity index (χ2n) is 4.91. The van der Waals surface area contributed by atoms with Gasteiger partial charge in [-0.05, 0) is 65.5 Å². The number of nitrogens with one attached hydrogen (secondary N) is 1. The summed E-state index contributed by atoms with van der Waals surface area (Å²) >= 11 is 3.31. The summed E-state index contributed by atoms with van der Waals surface area (Å²) < 4.78 is 0.766. The Morgan fingerprint density at radius 2 is 1.90 bits per heavy atom. The molecule has 104 valence electrons. The number of aryl methyl sites for hydroxylation is 3. The number of pyridine rings is 1. The Morgan fingerprint density at radius 1 is 1.15 bits per heavy atom. The third-order valence-electron chi connectivity index (χ3n) is 3.26. The summed E-state index contributed by atoms with van der Waals surface area (Å²) in [5.74, 6) is -0.0273. The molecule has 0 saturated carbocycles. The van der Waals surface area contributed by atoms with Crippen LogP contribution in [-0.4, -0.2) is 10.9 Å². The molecular weight excluding hydrogens is 316 g/mol. The van der Waals surface area contributed by atoms with Crippen molar-refractivity contribution >= 4 is 27.5 Å². The van der Waals surface area contributed by atoms with Gasteiger partial charge >= 0.3 is 0 Å². The molecule has 2 rings (SSSR count). The lowest BCUT2D eigenvalue weighted by molar-refractivity contribution is -0.115. The van der Waals surface area contributed by atoms with Crippen LogP contribution in [0.15, 0.2) is 34.9 Å². The zero-order chi connectivity index (χ0) is 14.7. The van der Waals surface area contributed by atoms with Crippen molar-refractivity contribution in [2.24, 2.45) is 0 Å². The summed E-state index contributed by atoms with van der Waals surface area (Å²) in [6, 6.07) is 9.77. The Balaban J connectivity index is 2.07. The van der Waals surface area contributed by atoms with E-state index in [0.717, 1.165) is 21.5 Å². The van der Waals surface area contributed by atoms with Gasteiger partial charge in [0.2, 0.25) is 5.91 Å². The predicted molar refractivity (Wildman–Crippen MR) is 84.9 cm³/mol. The largest absolute Gasteiger partial charge is 0.324 e. The van der Waals surface area contributed by atoms with E-state index >= 15 is 0 Å². The van der Waals surface area contributed by atoms with Crippen LogP contribution in [0.3, 0.4) is 0 Å². The molecule has 3 nitrogen and oxygen atoms in total. The zero-order valence-electron chi connectivity index (χ0n) is 11.8. The van der Waals surface area contributed by atoms with Gasteiger partial charge in [0.05, 0.1) is 17.8 Å². The molecule has 20 heavy (non-hydrogen) atoms. The number of nitrogens with zero attached hydrogens (tertiary/aromatic N) is 1. The smallest absolute Gasteiger partial charge is 0.228 e. The van der Waals surface area contributed by atoms with Crippen molar-refractivity contribution in [1.29, 1.82) is 0 Å². The molecule has 1 aromatic carbocycles. The maximum absolute atomic E-state index is 12.1. The van der Waals surface area contributed by atoms with Crippen LogP contribution in [0.5, 0.6) is 0 Å². The quantitative estimate of drug-likeness (QED) is 0.864. The molecule has 0 aliphatic carbocycles. The maximum atomic E-state index is 12.1. The standard InChI is InChI=1S/C16H17BrN2O/c1-10-4-5-13(8-11(10)2)9-16(20)19-14-6-7-15(17)18-12(14)3/h4-8H,9H2,1-3H3,(H,19,20). The first-order valence-electron chi connectivity index (χ1n) is 6.45. The Bertz CT molecular complexity index is 653. The highest BCUT2D eigenvalue weighted by molar-refractivity contribution is 9.10. The number of carbonyl (C=O) groups is 1. The van der Waals surface area contributed by atoms with Crippen LogP contribution in [-0.2, 0) is 11.2 Å². The number of hydrogen-bond donors (Lipinski definition) is 1. The third kappa shape index (κ3) is 3.67. The van der Waals surface area contributed by atoms with Crippen molar-refractivity contribution in [3.63, 3.8) is 0 Å². The first kappa shape index (κ1) is 14.7. The summed E-state index contributed by atoms with van der Waals surface area (Å²) in [5, 5.41) is 2.90. The number of aromatic nitrogens is 1. The Kier molecular flexibility index (Phi) is 4.55. The fourth-order valence-electron chi connectivity index (χ4n) is 1.96. The summed E-state index contributed by atoms with van der Waals surface area (Å²) in [4.78, 5) is 16.3. The molecule has 0 aliphatic rings. The SMILES string of the molecule is Cc1ccc(CC(=O)Nc2ccc(Br)nc2C)cc1C. The molecule has 0 saturated heterocycles. The van der Waals surface area contributed by atoms with E-state index in [9.17, 15) is 4.79 Å². The second-order valence-corrected chi connectivity index (χ2v) is 5.72. The van der Waals surface area contributed by atoms with Crippen molar-refractivity contribution in [2.75, 3.05) is 5.32 Å².